The predicted molar refractivity (Wildman–Crippen MR) is 108 cm³/mol. The molecule has 27 heavy (non-hydrogen) atoms. The second kappa shape index (κ2) is 9.58. The molecule has 1 amide bonds. The van der Waals surface area contributed by atoms with Crippen LogP contribution in [-0.4, -0.2) is 30.8 Å². The second-order valence-corrected chi connectivity index (χ2v) is 9.41. The Kier molecular flexibility index (Phi) is 7.71. The number of amides is 1. The Bertz CT molecular complexity index is 639. The number of methoxy groups -OCH3 is 1. The van der Waals surface area contributed by atoms with Gasteiger partial charge in [-0.15, -0.1) is 11.3 Å². The molecule has 0 unspecified atom stereocenters. The van der Waals surface area contributed by atoms with Gasteiger partial charge in [0.05, 0.1) is 12.7 Å². The predicted octanol–water partition coefficient (Wildman–Crippen LogP) is 5.25. The van der Waals surface area contributed by atoms with Gasteiger partial charge in [-0.05, 0) is 77.7 Å². The number of rotatable bonds is 6. The van der Waals surface area contributed by atoms with Crippen molar-refractivity contribution in [3.63, 3.8) is 0 Å². The number of nitrogens with one attached hydrogen (secondary N) is 1. The van der Waals surface area contributed by atoms with Crippen molar-refractivity contribution in [3.05, 3.63) is 21.4 Å². The standard InChI is InChI=1S/C21H33NO4S/c1-14-17(19(23)25-5)13-27-18(14)8-6-7-15-9-11-16(12-10-15)22-20(24)26-21(2,3)4/h13,15-16H,6-12H2,1-5H3,(H,22,24). The quantitative estimate of drug-likeness (QED) is 0.668. The Morgan fingerprint density at radius 2 is 1.89 bits per heavy atom. The lowest BCUT2D eigenvalue weighted by Crippen LogP contribution is -2.40. The summed E-state index contributed by atoms with van der Waals surface area (Å²) in [6.07, 6.45) is 7.39. The van der Waals surface area contributed by atoms with Crippen LogP contribution in [0.2, 0.25) is 0 Å². The van der Waals surface area contributed by atoms with Crippen molar-refractivity contribution in [3.8, 4) is 0 Å². The van der Waals surface area contributed by atoms with Gasteiger partial charge in [-0.3, -0.25) is 0 Å². The average Bonchev–Trinajstić information content (AvgIpc) is 2.95. The molecule has 1 fully saturated rings. The molecular weight excluding hydrogens is 362 g/mol. The third-order valence-corrected chi connectivity index (χ3v) is 6.28. The van der Waals surface area contributed by atoms with Gasteiger partial charge < -0.3 is 14.8 Å². The number of carbonyl (C=O) groups is 2. The van der Waals surface area contributed by atoms with Crippen LogP contribution < -0.4 is 5.32 Å². The number of thiophene rings is 1. The molecule has 0 spiro atoms. The maximum absolute atomic E-state index is 11.9. The van der Waals surface area contributed by atoms with Crippen LogP contribution in [0.5, 0.6) is 0 Å². The molecule has 1 aliphatic rings. The topological polar surface area (TPSA) is 64.6 Å². The van der Waals surface area contributed by atoms with Crippen LogP contribution >= 0.6 is 11.3 Å². The number of aryl methyl sites for hydroxylation is 1. The van der Waals surface area contributed by atoms with E-state index in [0.717, 1.165) is 50.0 Å². The zero-order chi connectivity index (χ0) is 20.0. The smallest absolute Gasteiger partial charge is 0.407 e. The molecular formula is C21H33NO4S. The van der Waals surface area contributed by atoms with Gasteiger partial charge >= 0.3 is 12.1 Å². The SMILES string of the molecule is COC(=O)c1csc(CCCC2CCC(NC(=O)OC(C)(C)C)CC2)c1C. The Labute approximate surface area is 166 Å². The van der Waals surface area contributed by atoms with Crippen molar-refractivity contribution in [2.45, 2.75) is 84.3 Å². The van der Waals surface area contributed by atoms with Gasteiger partial charge in [0.2, 0.25) is 0 Å². The van der Waals surface area contributed by atoms with Crippen molar-refractivity contribution >= 4 is 23.4 Å². The first kappa shape index (κ1) is 21.7. The van der Waals surface area contributed by atoms with Gasteiger partial charge in [0.1, 0.15) is 5.60 Å². The summed E-state index contributed by atoms with van der Waals surface area (Å²) in [5.41, 5.74) is 1.32. The number of ether oxygens (including phenoxy) is 2. The minimum Gasteiger partial charge on any atom is -0.465 e. The lowest BCUT2D eigenvalue weighted by atomic mass is 9.83. The van der Waals surface area contributed by atoms with Crippen LogP contribution in [0.3, 0.4) is 0 Å². The molecule has 1 aliphatic carbocycles. The summed E-state index contributed by atoms with van der Waals surface area (Å²) >= 11 is 1.66. The van der Waals surface area contributed by atoms with Gasteiger partial charge in [0, 0.05) is 16.3 Å². The lowest BCUT2D eigenvalue weighted by Gasteiger charge is -2.30. The minimum absolute atomic E-state index is 0.234. The van der Waals surface area contributed by atoms with Crippen LogP contribution in [0.4, 0.5) is 4.79 Å². The van der Waals surface area contributed by atoms with Crippen LogP contribution in [0.1, 0.15) is 80.1 Å². The molecule has 0 atom stereocenters. The highest BCUT2D eigenvalue weighted by atomic mass is 32.1. The van der Waals surface area contributed by atoms with E-state index in [1.165, 1.54) is 18.4 Å². The summed E-state index contributed by atoms with van der Waals surface area (Å²) in [5.74, 6) is 0.479. The van der Waals surface area contributed by atoms with Crippen molar-refractivity contribution in [1.29, 1.82) is 0 Å². The van der Waals surface area contributed by atoms with E-state index in [1.807, 2.05) is 33.1 Å². The minimum atomic E-state index is -0.449. The number of hydrogen-bond acceptors (Lipinski definition) is 5. The highest BCUT2D eigenvalue weighted by molar-refractivity contribution is 7.10. The van der Waals surface area contributed by atoms with E-state index in [-0.39, 0.29) is 18.1 Å². The number of alkyl carbamates (subject to hydrolysis) is 1. The number of hydrogen-bond donors (Lipinski definition) is 1. The van der Waals surface area contributed by atoms with E-state index >= 15 is 0 Å². The molecule has 1 aromatic rings. The summed E-state index contributed by atoms with van der Waals surface area (Å²) in [4.78, 5) is 24.9. The largest absolute Gasteiger partial charge is 0.465 e. The molecule has 1 saturated carbocycles. The highest BCUT2D eigenvalue weighted by Crippen LogP contribution is 2.30. The fourth-order valence-corrected chi connectivity index (χ4v) is 4.72. The summed E-state index contributed by atoms with van der Waals surface area (Å²) in [6.45, 7) is 7.65. The molecule has 1 N–H and O–H groups in total. The molecule has 0 aromatic carbocycles. The molecule has 2 rings (SSSR count). The number of esters is 1. The van der Waals surface area contributed by atoms with Crippen LogP contribution in [-0.2, 0) is 15.9 Å². The van der Waals surface area contributed by atoms with Crippen molar-refractivity contribution < 1.29 is 19.1 Å². The van der Waals surface area contributed by atoms with E-state index in [4.69, 9.17) is 9.47 Å². The van der Waals surface area contributed by atoms with E-state index in [2.05, 4.69) is 5.32 Å². The van der Waals surface area contributed by atoms with E-state index in [9.17, 15) is 9.59 Å². The number of carbonyl (C=O) groups excluding carboxylic acids is 2. The van der Waals surface area contributed by atoms with Crippen LogP contribution in [0, 0.1) is 12.8 Å². The zero-order valence-electron chi connectivity index (χ0n) is 17.2. The maximum atomic E-state index is 11.9. The van der Waals surface area contributed by atoms with Gasteiger partial charge in [-0.2, -0.15) is 0 Å². The molecule has 1 aromatic heterocycles. The average molecular weight is 396 g/mol. The Morgan fingerprint density at radius 1 is 1.22 bits per heavy atom. The molecule has 0 saturated heterocycles. The third-order valence-electron chi connectivity index (χ3n) is 5.13. The Morgan fingerprint density at radius 3 is 2.48 bits per heavy atom. The first-order valence-electron chi connectivity index (χ1n) is 9.84. The van der Waals surface area contributed by atoms with Crippen molar-refractivity contribution in [2.75, 3.05) is 7.11 Å². The first-order chi connectivity index (χ1) is 12.7. The van der Waals surface area contributed by atoms with E-state index in [1.54, 1.807) is 11.3 Å². The summed E-state index contributed by atoms with van der Waals surface area (Å²) in [6, 6.07) is 0.234. The van der Waals surface area contributed by atoms with Gasteiger partial charge in [0.15, 0.2) is 0 Å². The van der Waals surface area contributed by atoms with Gasteiger partial charge in [-0.25, -0.2) is 9.59 Å². The fourth-order valence-electron chi connectivity index (χ4n) is 3.64. The summed E-state index contributed by atoms with van der Waals surface area (Å²) < 4.78 is 10.2. The van der Waals surface area contributed by atoms with Crippen molar-refractivity contribution in [1.82, 2.24) is 5.32 Å². The summed E-state index contributed by atoms with van der Waals surface area (Å²) in [7, 11) is 1.42. The summed E-state index contributed by atoms with van der Waals surface area (Å²) in [5, 5.41) is 4.91. The van der Waals surface area contributed by atoms with Gasteiger partial charge in [-0.1, -0.05) is 6.42 Å². The normalized spacial score (nSPS) is 20.2. The Balaban J connectivity index is 1.69. The first-order valence-corrected chi connectivity index (χ1v) is 10.7. The van der Waals surface area contributed by atoms with Crippen molar-refractivity contribution in [2.24, 2.45) is 5.92 Å². The molecule has 152 valence electrons. The monoisotopic (exact) mass is 395 g/mol. The van der Waals surface area contributed by atoms with E-state index < -0.39 is 5.60 Å². The van der Waals surface area contributed by atoms with Crippen LogP contribution in [0.25, 0.3) is 0 Å². The van der Waals surface area contributed by atoms with E-state index in [0.29, 0.717) is 5.56 Å². The third kappa shape index (κ3) is 6.83. The maximum Gasteiger partial charge on any atom is 0.407 e. The molecule has 0 aliphatic heterocycles. The zero-order valence-corrected chi connectivity index (χ0v) is 18.0. The molecule has 0 bridgehead atoms. The molecule has 5 nitrogen and oxygen atoms in total. The van der Waals surface area contributed by atoms with Crippen LogP contribution in [0.15, 0.2) is 5.38 Å². The lowest BCUT2D eigenvalue weighted by molar-refractivity contribution is 0.0485. The molecule has 0 radical (unpaired) electrons. The Hall–Kier alpha value is -1.56. The molecule has 6 heteroatoms. The second-order valence-electron chi connectivity index (χ2n) is 8.45. The van der Waals surface area contributed by atoms with Gasteiger partial charge in [0.25, 0.3) is 0 Å². The fraction of sp³-hybridized carbons (Fsp3) is 0.714. The molecule has 1 heterocycles. The highest BCUT2D eigenvalue weighted by Gasteiger charge is 2.24.